The van der Waals surface area contributed by atoms with Crippen molar-refractivity contribution in [2.24, 2.45) is 5.92 Å². The van der Waals surface area contributed by atoms with Gasteiger partial charge in [-0.1, -0.05) is 38.1 Å². The first-order valence-electron chi connectivity index (χ1n) is 8.93. The summed E-state index contributed by atoms with van der Waals surface area (Å²) < 4.78 is 10.8. The maximum absolute atomic E-state index is 11.9. The van der Waals surface area contributed by atoms with Crippen LogP contribution in [-0.2, 0) is 13.0 Å². The van der Waals surface area contributed by atoms with E-state index >= 15 is 0 Å². The molecule has 0 saturated heterocycles. The fourth-order valence-electron chi connectivity index (χ4n) is 2.37. The van der Waals surface area contributed by atoms with E-state index in [1.54, 1.807) is 7.11 Å². The molecular formula is C21H28N2O3. The maximum Gasteiger partial charge on any atom is 0.315 e. The van der Waals surface area contributed by atoms with E-state index in [0.29, 0.717) is 25.6 Å². The number of ether oxygens (including phenoxy) is 2. The zero-order valence-electron chi connectivity index (χ0n) is 15.7. The highest BCUT2D eigenvalue weighted by atomic mass is 16.5. The van der Waals surface area contributed by atoms with Crippen molar-refractivity contribution in [1.29, 1.82) is 0 Å². The first kappa shape index (κ1) is 19.6. The quantitative estimate of drug-likeness (QED) is 0.719. The summed E-state index contributed by atoms with van der Waals surface area (Å²) in [5.74, 6) is 2.14. The van der Waals surface area contributed by atoms with Crippen molar-refractivity contribution in [1.82, 2.24) is 10.6 Å². The van der Waals surface area contributed by atoms with Gasteiger partial charge in [0.25, 0.3) is 0 Å². The zero-order valence-corrected chi connectivity index (χ0v) is 15.7. The molecule has 0 aliphatic carbocycles. The van der Waals surface area contributed by atoms with Crippen molar-refractivity contribution in [2.75, 3.05) is 20.3 Å². The number of nitrogens with one attached hydrogen (secondary N) is 2. The second kappa shape index (κ2) is 10.3. The summed E-state index contributed by atoms with van der Waals surface area (Å²) in [7, 11) is 1.65. The minimum Gasteiger partial charge on any atom is -0.497 e. The topological polar surface area (TPSA) is 59.6 Å². The number of benzene rings is 2. The van der Waals surface area contributed by atoms with Crippen LogP contribution in [0.15, 0.2) is 48.5 Å². The van der Waals surface area contributed by atoms with Crippen LogP contribution in [0.2, 0.25) is 0 Å². The molecule has 140 valence electrons. The summed E-state index contributed by atoms with van der Waals surface area (Å²) >= 11 is 0. The summed E-state index contributed by atoms with van der Waals surface area (Å²) in [5.41, 5.74) is 2.16. The van der Waals surface area contributed by atoms with Gasteiger partial charge in [-0.15, -0.1) is 0 Å². The molecule has 5 nitrogen and oxygen atoms in total. The van der Waals surface area contributed by atoms with E-state index in [0.717, 1.165) is 29.0 Å². The monoisotopic (exact) mass is 356 g/mol. The van der Waals surface area contributed by atoms with Gasteiger partial charge in [0.2, 0.25) is 0 Å². The first-order valence-corrected chi connectivity index (χ1v) is 8.93. The molecule has 2 aromatic rings. The Morgan fingerprint density at radius 1 is 1.00 bits per heavy atom. The van der Waals surface area contributed by atoms with Gasteiger partial charge < -0.3 is 20.1 Å². The van der Waals surface area contributed by atoms with Gasteiger partial charge in [-0.05, 0) is 47.7 Å². The van der Waals surface area contributed by atoms with Crippen LogP contribution >= 0.6 is 0 Å². The van der Waals surface area contributed by atoms with Crippen molar-refractivity contribution in [3.05, 3.63) is 59.7 Å². The molecule has 0 heterocycles. The van der Waals surface area contributed by atoms with Crippen molar-refractivity contribution < 1.29 is 14.3 Å². The van der Waals surface area contributed by atoms with E-state index in [2.05, 4.69) is 24.5 Å². The lowest BCUT2D eigenvalue weighted by atomic mass is 10.1. The van der Waals surface area contributed by atoms with Gasteiger partial charge in [0.1, 0.15) is 11.5 Å². The molecular weight excluding hydrogens is 328 g/mol. The average molecular weight is 356 g/mol. The number of carbonyl (C=O) groups excluding carboxylic acids is 1. The van der Waals surface area contributed by atoms with Crippen LogP contribution in [-0.4, -0.2) is 26.3 Å². The standard InChI is InChI=1S/C21H28N2O3/c1-16(2)15-26-20-6-4-5-18(13-20)14-23-21(24)22-12-11-17-7-9-19(25-3)10-8-17/h4-10,13,16H,11-12,14-15H2,1-3H3,(H2,22,23,24). The number of hydrogen-bond acceptors (Lipinski definition) is 3. The minimum absolute atomic E-state index is 0.174. The molecule has 5 heteroatoms. The predicted molar refractivity (Wildman–Crippen MR) is 104 cm³/mol. The third-order valence-corrected chi connectivity index (χ3v) is 3.79. The smallest absolute Gasteiger partial charge is 0.315 e. The normalized spacial score (nSPS) is 10.5. The van der Waals surface area contributed by atoms with Crippen LogP contribution in [0.5, 0.6) is 11.5 Å². The van der Waals surface area contributed by atoms with E-state index in [1.807, 2.05) is 48.5 Å². The molecule has 0 aromatic heterocycles. The van der Waals surface area contributed by atoms with Gasteiger partial charge in [-0.2, -0.15) is 0 Å². The third-order valence-electron chi connectivity index (χ3n) is 3.79. The lowest BCUT2D eigenvalue weighted by molar-refractivity contribution is 0.240. The van der Waals surface area contributed by atoms with Crippen molar-refractivity contribution in [3.63, 3.8) is 0 Å². The number of amides is 2. The van der Waals surface area contributed by atoms with Crippen LogP contribution in [0, 0.1) is 5.92 Å². The van der Waals surface area contributed by atoms with E-state index in [-0.39, 0.29) is 6.03 Å². The van der Waals surface area contributed by atoms with Gasteiger partial charge in [-0.25, -0.2) is 4.79 Å². The van der Waals surface area contributed by atoms with Crippen LogP contribution in [0.4, 0.5) is 4.79 Å². The molecule has 2 amide bonds. The molecule has 0 fully saturated rings. The van der Waals surface area contributed by atoms with Gasteiger partial charge in [0.05, 0.1) is 13.7 Å². The Kier molecular flexibility index (Phi) is 7.80. The molecule has 0 aliphatic heterocycles. The summed E-state index contributed by atoms with van der Waals surface area (Å²) in [6.45, 7) is 5.95. The predicted octanol–water partition coefficient (Wildman–Crippen LogP) is 3.77. The Balaban J connectivity index is 1.70. The number of urea groups is 1. The Labute approximate surface area is 155 Å². The Morgan fingerprint density at radius 3 is 2.46 bits per heavy atom. The summed E-state index contributed by atoms with van der Waals surface area (Å²) in [6, 6.07) is 15.5. The van der Waals surface area contributed by atoms with Crippen molar-refractivity contribution >= 4 is 6.03 Å². The molecule has 0 atom stereocenters. The van der Waals surface area contributed by atoms with Crippen molar-refractivity contribution in [3.8, 4) is 11.5 Å². The molecule has 0 saturated carbocycles. The zero-order chi connectivity index (χ0) is 18.8. The number of carbonyl (C=O) groups is 1. The summed E-state index contributed by atoms with van der Waals surface area (Å²) in [5, 5.41) is 5.74. The summed E-state index contributed by atoms with van der Waals surface area (Å²) in [4.78, 5) is 11.9. The lowest BCUT2D eigenvalue weighted by Crippen LogP contribution is -2.36. The fraction of sp³-hybridized carbons (Fsp3) is 0.381. The molecule has 0 aliphatic rings. The third kappa shape index (κ3) is 7.05. The first-order chi connectivity index (χ1) is 12.6. The lowest BCUT2D eigenvalue weighted by Gasteiger charge is -2.11. The Hall–Kier alpha value is -2.69. The molecule has 2 N–H and O–H groups in total. The average Bonchev–Trinajstić information content (AvgIpc) is 2.65. The van der Waals surface area contributed by atoms with Crippen molar-refractivity contribution in [2.45, 2.75) is 26.8 Å². The van der Waals surface area contributed by atoms with Crippen LogP contribution in [0.25, 0.3) is 0 Å². The number of methoxy groups -OCH3 is 1. The van der Waals surface area contributed by atoms with Gasteiger partial charge >= 0.3 is 6.03 Å². The highest BCUT2D eigenvalue weighted by molar-refractivity contribution is 5.73. The molecule has 0 spiro atoms. The van der Waals surface area contributed by atoms with E-state index in [1.165, 1.54) is 0 Å². The van der Waals surface area contributed by atoms with Gasteiger partial charge in [0.15, 0.2) is 0 Å². The molecule has 2 rings (SSSR count). The molecule has 0 radical (unpaired) electrons. The van der Waals surface area contributed by atoms with Crippen LogP contribution < -0.4 is 20.1 Å². The van der Waals surface area contributed by atoms with E-state index in [9.17, 15) is 4.79 Å². The Morgan fingerprint density at radius 2 is 1.77 bits per heavy atom. The number of hydrogen-bond donors (Lipinski definition) is 2. The summed E-state index contributed by atoms with van der Waals surface area (Å²) in [6.07, 6.45) is 0.774. The Bertz CT molecular complexity index is 684. The molecule has 26 heavy (non-hydrogen) atoms. The number of rotatable bonds is 9. The minimum atomic E-state index is -0.174. The van der Waals surface area contributed by atoms with Gasteiger partial charge in [-0.3, -0.25) is 0 Å². The second-order valence-electron chi connectivity index (χ2n) is 6.56. The SMILES string of the molecule is COc1ccc(CCNC(=O)NCc2cccc(OCC(C)C)c2)cc1. The van der Waals surface area contributed by atoms with Gasteiger partial charge in [0, 0.05) is 13.1 Å². The highest BCUT2D eigenvalue weighted by Crippen LogP contribution is 2.14. The molecule has 2 aromatic carbocycles. The van der Waals surface area contributed by atoms with E-state index in [4.69, 9.17) is 9.47 Å². The second-order valence-corrected chi connectivity index (χ2v) is 6.56. The van der Waals surface area contributed by atoms with Crippen LogP contribution in [0.3, 0.4) is 0 Å². The largest absolute Gasteiger partial charge is 0.497 e. The highest BCUT2D eigenvalue weighted by Gasteiger charge is 2.03. The maximum atomic E-state index is 11.9. The molecule has 0 bridgehead atoms. The molecule has 0 unspecified atom stereocenters. The fourth-order valence-corrected chi connectivity index (χ4v) is 2.37. The van der Waals surface area contributed by atoms with E-state index < -0.39 is 0 Å². The van der Waals surface area contributed by atoms with Crippen LogP contribution in [0.1, 0.15) is 25.0 Å².